The predicted molar refractivity (Wildman–Crippen MR) is 135 cm³/mol. The Labute approximate surface area is 207 Å². The van der Waals surface area contributed by atoms with Crippen LogP contribution in [0.4, 0.5) is 4.79 Å². The molecule has 0 aliphatic heterocycles. The van der Waals surface area contributed by atoms with Gasteiger partial charge in [-0.25, -0.2) is 9.59 Å². The van der Waals surface area contributed by atoms with Crippen molar-refractivity contribution in [2.45, 2.75) is 59.4 Å². The van der Waals surface area contributed by atoms with Gasteiger partial charge in [-0.05, 0) is 39.5 Å². The van der Waals surface area contributed by atoms with Gasteiger partial charge in [-0.1, -0.05) is 83.1 Å². The van der Waals surface area contributed by atoms with Gasteiger partial charge in [-0.3, -0.25) is 4.79 Å². The molecule has 7 nitrogen and oxygen atoms in total. The Balaban J connectivity index is 1.51. The van der Waals surface area contributed by atoms with Gasteiger partial charge in [-0.2, -0.15) is 0 Å². The zero-order valence-corrected chi connectivity index (χ0v) is 21.2. The number of aliphatic carboxylic acids is 1. The predicted octanol–water partition coefficient (Wildman–Crippen LogP) is 4.95. The molecule has 0 aromatic heterocycles. The van der Waals surface area contributed by atoms with E-state index in [-0.39, 0.29) is 36.8 Å². The van der Waals surface area contributed by atoms with E-state index < -0.39 is 23.5 Å². The number of nitrogens with one attached hydrogen (secondary N) is 2. The number of hydrogen-bond donors (Lipinski definition) is 3. The molecule has 1 aliphatic rings. The second-order valence-corrected chi connectivity index (χ2v) is 11.2. The van der Waals surface area contributed by atoms with E-state index in [0.717, 1.165) is 22.3 Å². The molecule has 1 unspecified atom stereocenters. The maximum Gasteiger partial charge on any atom is 0.407 e. The molecular formula is C28H36N2O5. The molecule has 0 fully saturated rings. The molecule has 7 heteroatoms. The summed E-state index contributed by atoms with van der Waals surface area (Å²) in [5.74, 6) is -1.44. The summed E-state index contributed by atoms with van der Waals surface area (Å²) in [6.45, 7) is 9.90. The van der Waals surface area contributed by atoms with E-state index in [4.69, 9.17) is 4.74 Å². The molecule has 2 amide bonds. The van der Waals surface area contributed by atoms with E-state index in [0.29, 0.717) is 6.42 Å². The fourth-order valence-electron chi connectivity index (χ4n) is 4.52. The largest absolute Gasteiger partial charge is 0.480 e. The molecule has 0 saturated carbocycles. The van der Waals surface area contributed by atoms with Gasteiger partial charge in [0.1, 0.15) is 12.6 Å². The van der Waals surface area contributed by atoms with Crippen molar-refractivity contribution in [3.05, 3.63) is 59.7 Å². The van der Waals surface area contributed by atoms with Crippen molar-refractivity contribution in [2.24, 2.45) is 10.8 Å². The zero-order chi connectivity index (χ0) is 25.8. The highest BCUT2D eigenvalue weighted by Gasteiger charge is 2.31. The average molecular weight is 481 g/mol. The number of amides is 2. The Kier molecular flexibility index (Phi) is 7.88. The van der Waals surface area contributed by atoms with E-state index >= 15 is 0 Å². The number of carboxylic acid groups (broad SMARTS) is 1. The number of carboxylic acids is 1. The quantitative estimate of drug-likeness (QED) is 0.471. The monoisotopic (exact) mass is 480 g/mol. The van der Waals surface area contributed by atoms with E-state index in [2.05, 4.69) is 34.9 Å². The average Bonchev–Trinajstić information content (AvgIpc) is 3.08. The number of benzene rings is 2. The summed E-state index contributed by atoms with van der Waals surface area (Å²) in [7, 11) is 0. The normalized spacial score (nSPS) is 14.0. The van der Waals surface area contributed by atoms with Crippen LogP contribution in [0.25, 0.3) is 11.1 Å². The van der Waals surface area contributed by atoms with Crippen LogP contribution in [-0.2, 0) is 14.3 Å². The Morgan fingerprint density at radius 3 is 2.00 bits per heavy atom. The van der Waals surface area contributed by atoms with Crippen molar-refractivity contribution in [2.75, 3.05) is 13.2 Å². The molecule has 188 valence electrons. The van der Waals surface area contributed by atoms with E-state index in [1.165, 1.54) is 0 Å². The van der Waals surface area contributed by atoms with E-state index in [1.54, 1.807) is 0 Å². The molecule has 3 rings (SSSR count). The molecule has 1 aliphatic carbocycles. The fourth-order valence-corrected chi connectivity index (χ4v) is 4.52. The second-order valence-electron chi connectivity index (χ2n) is 11.2. The summed E-state index contributed by atoms with van der Waals surface area (Å²) >= 11 is 0. The lowest BCUT2D eigenvalue weighted by molar-refractivity contribution is -0.143. The first-order valence-electron chi connectivity index (χ1n) is 12.0. The summed E-state index contributed by atoms with van der Waals surface area (Å²) in [6, 6.07) is 15.3. The third kappa shape index (κ3) is 7.07. The van der Waals surface area contributed by atoms with Crippen molar-refractivity contribution >= 4 is 18.0 Å². The summed E-state index contributed by atoms with van der Waals surface area (Å²) < 4.78 is 5.56. The summed E-state index contributed by atoms with van der Waals surface area (Å²) in [6.07, 6.45) is -0.145. The van der Waals surface area contributed by atoms with Crippen LogP contribution in [0.2, 0.25) is 0 Å². The van der Waals surface area contributed by atoms with Crippen LogP contribution in [-0.4, -0.2) is 42.3 Å². The molecule has 0 spiro atoms. The highest BCUT2D eigenvalue weighted by molar-refractivity contribution is 5.84. The molecule has 35 heavy (non-hydrogen) atoms. The first-order chi connectivity index (χ1) is 16.4. The van der Waals surface area contributed by atoms with Crippen LogP contribution in [0, 0.1) is 10.8 Å². The molecule has 3 N–H and O–H groups in total. The number of ether oxygens (including phenoxy) is 1. The number of hydrogen-bond acceptors (Lipinski definition) is 4. The maximum atomic E-state index is 12.5. The summed E-state index contributed by atoms with van der Waals surface area (Å²) in [4.78, 5) is 36.5. The van der Waals surface area contributed by atoms with E-state index in [9.17, 15) is 19.5 Å². The standard InChI is InChI=1S/C28H36N2O5/c1-27(2,3)14-23(25(32)33)30-24(31)15-28(4,5)17-29-26(34)35-16-22-20-12-8-6-10-18(20)19-11-7-9-13-21(19)22/h6-13,22-23H,14-17H2,1-5H3,(H,29,34)(H,30,31)(H,32,33). The SMILES string of the molecule is CC(C)(C)CC(NC(=O)CC(C)(C)CNC(=O)OCC1c2ccccc2-c2ccccc21)C(=O)O. The lowest BCUT2D eigenvalue weighted by Gasteiger charge is -2.27. The lowest BCUT2D eigenvalue weighted by atomic mass is 9.86. The van der Waals surface area contributed by atoms with Crippen molar-refractivity contribution < 1.29 is 24.2 Å². The molecule has 0 radical (unpaired) electrons. The molecule has 0 saturated heterocycles. The van der Waals surface area contributed by atoms with Crippen molar-refractivity contribution in [1.82, 2.24) is 10.6 Å². The van der Waals surface area contributed by atoms with Crippen LogP contribution >= 0.6 is 0 Å². The number of carbonyl (C=O) groups is 3. The lowest BCUT2D eigenvalue weighted by Crippen LogP contribution is -2.45. The minimum absolute atomic E-state index is 0.0253. The van der Waals surface area contributed by atoms with Gasteiger partial charge in [0.25, 0.3) is 0 Å². The van der Waals surface area contributed by atoms with E-state index in [1.807, 2.05) is 58.9 Å². The number of alkyl carbamates (subject to hydrolysis) is 1. The number of rotatable bonds is 9. The molecule has 1 atom stereocenters. The third-order valence-corrected chi connectivity index (χ3v) is 6.14. The molecular weight excluding hydrogens is 444 g/mol. The number of carbonyl (C=O) groups excluding carboxylic acids is 2. The van der Waals surface area contributed by atoms with Crippen molar-refractivity contribution in [3.8, 4) is 11.1 Å². The van der Waals surface area contributed by atoms with Gasteiger partial charge < -0.3 is 20.5 Å². The van der Waals surface area contributed by atoms with Crippen LogP contribution < -0.4 is 10.6 Å². The number of fused-ring (bicyclic) bond motifs is 3. The van der Waals surface area contributed by atoms with Gasteiger partial charge in [-0.15, -0.1) is 0 Å². The third-order valence-electron chi connectivity index (χ3n) is 6.14. The molecule has 0 heterocycles. The van der Waals surface area contributed by atoms with Crippen LogP contribution in [0.15, 0.2) is 48.5 Å². The topological polar surface area (TPSA) is 105 Å². The van der Waals surface area contributed by atoms with Gasteiger partial charge in [0.05, 0.1) is 0 Å². The Bertz CT molecular complexity index is 1040. The minimum Gasteiger partial charge on any atom is -0.480 e. The summed E-state index contributed by atoms with van der Waals surface area (Å²) in [5, 5.41) is 14.8. The van der Waals surface area contributed by atoms with Gasteiger partial charge in [0.15, 0.2) is 0 Å². The fraction of sp³-hybridized carbons (Fsp3) is 0.464. The first kappa shape index (κ1) is 26.3. The van der Waals surface area contributed by atoms with Crippen LogP contribution in [0.1, 0.15) is 64.5 Å². The van der Waals surface area contributed by atoms with Crippen LogP contribution in [0.3, 0.4) is 0 Å². The smallest absolute Gasteiger partial charge is 0.407 e. The molecule has 0 bridgehead atoms. The Hall–Kier alpha value is -3.35. The minimum atomic E-state index is -1.05. The van der Waals surface area contributed by atoms with Gasteiger partial charge in [0.2, 0.25) is 5.91 Å². The zero-order valence-electron chi connectivity index (χ0n) is 21.2. The maximum absolute atomic E-state index is 12.5. The van der Waals surface area contributed by atoms with Gasteiger partial charge >= 0.3 is 12.1 Å². The van der Waals surface area contributed by atoms with Crippen LogP contribution in [0.5, 0.6) is 0 Å². The highest BCUT2D eigenvalue weighted by Crippen LogP contribution is 2.44. The Morgan fingerprint density at radius 2 is 1.49 bits per heavy atom. The Morgan fingerprint density at radius 1 is 0.943 bits per heavy atom. The van der Waals surface area contributed by atoms with Crippen molar-refractivity contribution in [1.29, 1.82) is 0 Å². The first-order valence-corrected chi connectivity index (χ1v) is 12.0. The van der Waals surface area contributed by atoms with Crippen molar-refractivity contribution in [3.63, 3.8) is 0 Å². The molecule has 2 aromatic rings. The summed E-state index contributed by atoms with van der Waals surface area (Å²) in [5.41, 5.74) is 3.78. The highest BCUT2D eigenvalue weighted by atomic mass is 16.5. The second kappa shape index (κ2) is 10.5. The van der Waals surface area contributed by atoms with Gasteiger partial charge in [0, 0.05) is 18.9 Å². The molecule has 2 aromatic carbocycles.